The average molecular weight is 215 g/mol. The molecule has 0 heterocycles. The summed E-state index contributed by atoms with van der Waals surface area (Å²) >= 11 is 0. The normalized spacial score (nSPS) is 14.3. The van der Waals surface area contributed by atoms with E-state index in [0.29, 0.717) is 0 Å². The number of hydrogen-bond acceptors (Lipinski definition) is 3. The van der Waals surface area contributed by atoms with Crippen LogP contribution in [0.15, 0.2) is 0 Å². The van der Waals surface area contributed by atoms with Gasteiger partial charge in [-0.05, 0) is 33.4 Å². The Morgan fingerprint density at radius 3 is 2.40 bits per heavy atom. The van der Waals surface area contributed by atoms with Crippen LogP contribution in [0.3, 0.4) is 0 Å². The van der Waals surface area contributed by atoms with Crippen LogP contribution in [0.1, 0.15) is 33.6 Å². The zero-order valence-corrected chi connectivity index (χ0v) is 10.4. The lowest BCUT2D eigenvalue weighted by atomic mass is 9.88. The predicted molar refractivity (Wildman–Crippen MR) is 64.1 cm³/mol. The van der Waals surface area contributed by atoms with E-state index in [1.54, 1.807) is 6.92 Å². The second-order valence-corrected chi connectivity index (χ2v) is 4.99. The molecule has 0 aliphatic heterocycles. The van der Waals surface area contributed by atoms with Crippen LogP contribution in [0, 0.1) is 10.8 Å². The second-order valence-electron chi connectivity index (χ2n) is 4.99. The second kappa shape index (κ2) is 6.08. The summed E-state index contributed by atoms with van der Waals surface area (Å²) < 4.78 is 0. The topological polar surface area (TPSA) is 73.3 Å². The molecule has 0 radical (unpaired) electrons. The summed E-state index contributed by atoms with van der Waals surface area (Å²) in [6.07, 6.45) is 1.42. The van der Waals surface area contributed by atoms with Gasteiger partial charge in [-0.25, -0.2) is 0 Å². The molecule has 1 unspecified atom stereocenters. The quantitative estimate of drug-likeness (QED) is 0.439. The molecule has 0 aromatic carbocycles. The van der Waals surface area contributed by atoms with Gasteiger partial charge in [0, 0.05) is 12.0 Å². The van der Waals surface area contributed by atoms with Gasteiger partial charge in [0.25, 0.3) is 0 Å². The van der Waals surface area contributed by atoms with E-state index in [0.717, 1.165) is 25.9 Å². The van der Waals surface area contributed by atoms with E-state index in [1.165, 1.54) is 0 Å². The van der Waals surface area contributed by atoms with Crippen LogP contribution < -0.4 is 5.73 Å². The van der Waals surface area contributed by atoms with Crippen molar-refractivity contribution in [3.05, 3.63) is 0 Å². The molecule has 0 rings (SSSR count). The first-order valence-corrected chi connectivity index (χ1v) is 5.47. The molecular weight excluding hydrogens is 190 g/mol. The predicted octanol–water partition coefficient (Wildman–Crippen LogP) is 1.04. The van der Waals surface area contributed by atoms with Crippen molar-refractivity contribution in [1.29, 1.82) is 5.41 Å². The molecule has 4 heteroatoms. The molecule has 90 valence electrons. The Bertz CT molecular complexity index is 202. The summed E-state index contributed by atoms with van der Waals surface area (Å²) in [7, 11) is 2.03. The largest absolute Gasteiger partial charge is 0.393 e. The highest BCUT2D eigenvalue weighted by Gasteiger charge is 2.21. The average Bonchev–Trinajstić information content (AvgIpc) is 2.11. The lowest BCUT2D eigenvalue weighted by molar-refractivity contribution is 0.161. The standard InChI is InChI=1S/C11H25N3O/c1-9(15)5-7-14(4)8-6-11(2,3)10(12)13/h9,15H,5-8H2,1-4H3,(H3,12,13). The molecule has 1 atom stereocenters. The Hall–Kier alpha value is -0.610. The molecule has 0 aromatic heterocycles. The van der Waals surface area contributed by atoms with Gasteiger partial charge in [-0.3, -0.25) is 5.41 Å². The highest BCUT2D eigenvalue weighted by atomic mass is 16.3. The molecule has 4 N–H and O–H groups in total. The summed E-state index contributed by atoms with van der Waals surface area (Å²) in [6.45, 7) is 7.55. The monoisotopic (exact) mass is 215 g/mol. The van der Waals surface area contributed by atoms with Gasteiger partial charge in [0.1, 0.15) is 0 Å². The van der Waals surface area contributed by atoms with Crippen LogP contribution in [0.2, 0.25) is 0 Å². The van der Waals surface area contributed by atoms with Crippen LogP contribution in [0.5, 0.6) is 0 Å². The molecule has 0 saturated heterocycles. The number of hydrogen-bond donors (Lipinski definition) is 3. The third-order valence-corrected chi connectivity index (χ3v) is 2.78. The molecule has 0 bridgehead atoms. The van der Waals surface area contributed by atoms with Crippen molar-refractivity contribution in [3.63, 3.8) is 0 Å². The number of aliphatic hydroxyl groups is 1. The Balaban J connectivity index is 3.80. The van der Waals surface area contributed by atoms with Gasteiger partial charge in [-0.2, -0.15) is 0 Å². The third kappa shape index (κ3) is 6.47. The Kier molecular flexibility index (Phi) is 5.83. The van der Waals surface area contributed by atoms with Crippen molar-refractivity contribution in [1.82, 2.24) is 4.90 Å². The van der Waals surface area contributed by atoms with Crippen molar-refractivity contribution in [2.75, 3.05) is 20.1 Å². The molecule has 0 spiro atoms. The number of amidine groups is 1. The van der Waals surface area contributed by atoms with E-state index in [9.17, 15) is 0 Å². The minimum Gasteiger partial charge on any atom is -0.393 e. The van der Waals surface area contributed by atoms with E-state index in [1.807, 2.05) is 20.9 Å². The summed E-state index contributed by atoms with van der Waals surface area (Å²) in [5.74, 6) is 0.242. The van der Waals surface area contributed by atoms with Gasteiger partial charge in [0.05, 0.1) is 11.9 Å². The summed E-state index contributed by atoms with van der Waals surface area (Å²) in [4.78, 5) is 2.16. The van der Waals surface area contributed by atoms with Crippen LogP contribution in [-0.4, -0.2) is 42.1 Å². The van der Waals surface area contributed by atoms with Crippen LogP contribution in [0.25, 0.3) is 0 Å². The first-order valence-electron chi connectivity index (χ1n) is 5.47. The first kappa shape index (κ1) is 14.4. The number of rotatable bonds is 7. The van der Waals surface area contributed by atoms with Gasteiger partial charge < -0.3 is 15.7 Å². The van der Waals surface area contributed by atoms with E-state index in [-0.39, 0.29) is 17.4 Å². The Morgan fingerprint density at radius 2 is 2.00 bits per heavy atom. The van der Waals surface area contributed by atoms with E-state index in [2.05, 4.69) is 4.90 Å². The zero-order chi connectivity index (χ0) is 12.1. The molecule has 0 saturated carbocycles. The number of aliphatic hydroxyl groups excluding tert-OH is 1. The van der Waals surface area contributed by atoms with Crippen molar-refractivity contribution < 1.29 is 5.11 Å². The van der Waals surface area contributed by atoms with E-state index >= 15 is 0 Å². The smallest absolute Gasteiger partial charge is 0.0963 e. The minimum absolute atomic E-state index is 0.223. The van der Waals surface area contributed by atoms with Crippen LogP contribution >= 0.6 is 0 Å². The first-order chi connectivity index (χ1) is 6.75. The van der Waals surface area contributed by atoms with Crippen molar-refractivity contribution in [2.45, 2.75) is 39.7 Å². The van der Waals surface area contributed by atoms with Crippen molar-refractivity contribution in [3.8, 4) is 0 Å². The molecular formula is C11H25N3O. The fourth-order valence-corrected chi connectivity index (χ4v) is 1.12. The van der Waals surface area contributed by atoms with Gasteiger partial charge in [0.2, 0.25) is 0 Å². The van der Waals surface area contributed by atoms with Gasteiger partial charge in [0.15, 0.2) is 0 Å². The SMILES string of the molecule is CC(O)CCN(C)CCC(C)(C)C(=N)N. The molecule has 4 nitrogen and oxygen atoms in total. The number of nitrogens with one attached hydrogen (secondary N) is 1. The summed E-state index contributed by atoms with van der Waals surface area (Å²) in [6, 6.07) is 0. The maximum absolute atomic E-state index is 9.14. The van der Waals surface area contributed by atoms with Crippen molar-refractivity contribution >= 4 is 5.84 Å². The van der Waals surface area contributed by atoms with Crippen molar-refractivity contribution in [2.24, 2.45) is 11.1 Å². The molecule has 0 aliphatic rings. The number of nitrogens with two attached hydrogens (primary N) is 1. The van der Waals surface area contributed by atoms with Crippen LogP contribution in [0.4, 0.5) is 0 Å². The lowest BCUT2D eigenvalue weighted by Crippen LogP contribution is -2.35. The third-order valence-electron chi connectivity index (χ3n) is 2.78. The minimum atomic E-state index is -0.242. The Morgan fingerprint density at radius 1 is 1.47 bits per heavy atom. The molecule has 0 fully saturated rings. The molecule has 0 amide bonds. The fourth-order valence-electron chi connectivity index (χ4n) is 1.12. The maximum Gasteiger partial charge on any atom is 0.0963 e. The van der Waals surface area contributed by atoms with Gasteiger partial charge in [-0.15, -0.1) is 0 Å². The van der Waals surface area contributed by atoms with E-state index in [4.69, 9.17) is 16.2 Å². The zero-order valence-electron chi connectivity index (χ0n) is 10.4. The highest BCUT2D eigenvalue weighted by molar-refractivity contribution is 5.82. The van der Waals surface area contributed by atoms with Crippen LogP contribution in [-0.2, 0) is 0 Å². The Labute approximate surface area is 93.0 Å². The number of nitrogens with zero attached hydrogens (tertiary/aromatic N) is 1. The summed E-state index contributed by atoms with van der Waals surface area (Å²) in [5, 5.41) is 16.6. The van der Waals surface area contributed by atoms with Gasteiger partial charge in [-0.1, -0.05) is 13.8 Å². The molecule has 0 aliphatic carbocycles. The van der Waals surface area contributed by atoms with Gasteiger partial charge >= 0.3 is 0 Å². The summed E-state index contributed by atoms with van der Waals surface area (Å²) in [5.41, 5.74) is 5.28. The molecule has 15 heavy (non-hydrogen) atoms. The fraction of sp³-hybridized carbons (Fsp3) is 0.909. The maximum atomic E-state index is 9.14. The van der Waals surface area contributed by atoms with E-state index < -0.39 is 0 Å². The lowest BCUT2D eigenvalue weighted by Gasteiger charge is -2.26. The molecule has 0 aromatic rings. The highest BCUT2D eigenvalue weighted by Crippen LogP contribution is 2.19.